The second kappa shape index (κ2) is 4.66. The van der Waals surface area contributed by atoms with Crippen molar-refractivity contribution in [2.75, 3.05) is 31.6 Å². The molecule has 19 heavy (non-hydrogen) atoms. The van der Waals surface area contributed by atoms with E-state index in [9.17, 15) is 4.79 Å². The first-order valence-corrected chi connectivity index (χ1v) is 6.58. The molecule has 3 rings (SSSR count). The van der Waals surface area contributed by atoms with Gasteiger partial charge in [0.05, 0.1) is 0 Å². The number of fused-ring (bicyclic) bond motifs is 1. The molecule has 0 radical (unpaired) electrons. The third-order valence-electron chi connectivity index (χ3n) is 3.76. The Morgan fingerprint density at radius 3 is 2.95 bits per heavy atom. The van der Waals surface area contributed by atoms with E-state index in [1.165, 1.54) is 0 Å². The molecule has 1 unspecified atom stereocenters. The van der Waals surface area contributed by atoms with E-state index in [1.54, 1.807) is 0 Å². The number of rotatable bonds is 2. The Morgan fingerprint density at radius 1 is 1.37 bits per heavy atom. The molecule has 5 nitrogen and oxygen atoms in total. The van der Waals surface area contributed by atoms with Crippen LogP contribution in [0.5, 0.6) is 0 Å². The van der Waals surface area contributed by atoms with Crippen molar-refractivity contribution in [2.24, 2.45) is 0 Å². The van der Waals surface area contributed by atoms with Gasteiger partial charge in [-0.25, -0.2) is 4.98 Å². The summed E-state index contributed by atoms with van der Waals surface area (Å²) in [4.78, 5) is 20.6. The number of anilines is 1. The fourth-order valence-corrected chi connectivity index (χ4v) is 2.78. The molecule has 0 N–H and O–H groups in total. The normalized spacial score (nSPS) is 20.9. The predicted octanol–water partition coefficient (Wildman–Crippen LogP) is 1.29. The molecule has 1 aliphatic heterocycles. The molecule has 2 aromatic heterocycles. The maximum absolute atomic E-state index is 11.4. The van der Waals surface area contributed by atoms with Crippen LogP contribution in [0.4, 0.5) is 5.82 Å². The van der Waals surface area contributed by atoms with Crippen molar-refractivity contribution in [3.63, 3.8) is 0 Å². The lowest BCUT2D eigenvalue weighted by Crippen LogP contribution is -2.51. The van der Waals surface area contributed by atoms with Crippen molar-refractivity contribution in [2.45, 2.75) is 13.0 Å². The van der Waals surface area contributed by atoms with Gasteiger partial charge < -0.3 is 9.80 Å². The summed E-state index contributed by atoms with van der Waals surface area (Å²) in [5.41, 5.74) is 1.47. The predicted molar refractivity (Wildman–Crippen MR) is 74.9 cm³/mol. The van der Waals surface area contributed by atoms with E-state index in [0.29, 0.717) is 11.7 Å². The summed E-state index contributed by atoms with van der Waals surface area (Å²) >= 11 is 0. The number of carbonyl (C=O) groups excluding carboxylic acids is 1. The first-order chi connectivity index (χ1) is 9.20. The second-order valence-electron chi connectivity index (χ2n) is 5.17. The monoisotopic (exact) mass is 258 g/mol. The van der Waals surface area contributed by atoms with Gasteiger partial charge in [0.1, 0.15) is 11.3 Å². The standard InChI is InChI=1S/C14H18N4O/c1-11-9-16(2)7-8-17(11)14-12(10-19)18-6-4-3-5-13(18)15-14/h3-6,10-11H,7-9H2,1-2H3. The molecule has 1 aliphatic rings. The Hall–Kier alpha value is -1.88. The fourth-order valence-electron chi connectivity index (χ4n) is 2.78. The van der Waals surface area contributed by atoms with Crippen LogP contribution in [0.25, 0.3) is 5.65 Å². The van der Waals surface area contributed by atoms with E-state index >= 15 is 0 Å². The van der Waals surface area contributed by atoms with Crippen LogP contribution in [0.3, 0.4) is 0 Å². The van der Waals surface area contributed by atoms with Crippen LogP contribution in [0, 0.1) is 0 Å². The molecular weight excluding hydrogens is 240 g/mol. The molecule has 5 heteroatoms. The lowest BCUT2D eigenvalue weighted by atomic mass is 10.2. The first kappa shape index (κ1) is 12.2. The Labute approximate surface area is 112 Å². The summed E-state index contributed by atoms with van der Waals surface area (Å²) in [7, 11) is 2.12. The number of aldehydes is 1. The van der Waals surface area contributed by atoms with Gasteiger partial charge in [-0.15, -0.1) is 0 Å². The number of pyridine rings is 1. The molecule has 0 amide bonds. The number of likely N-dealkylation sites (N-methyl/N-ethyl adjacent to an activating group) is 1. The molecule has 3 heterocycles. The van der Waals surface area contributed by atoms with Gasteiger partial charge in [-0.2, -0.15) is 0 Å². The van der Waals surface area contributed by atoms with Gasteiger partial charge in [-0.3, -0.25) is 9.20 Å². The number of carbonyl (C=O) groups is 1. The molecule has 2 aromatic rings. The number of imidazole rings is 1. The Morgan fingerprint density at radius 2 is 2.21 bits per heavy atom. The van der Waals surface area contributed by atoms with Crippen LogP contribution in [0.1, 0.15) is 17.4 Å². The molecule has 0 saturated carbocycles. The third-order valence-corrected chi connectivity index (χ3v) is 3.76. The van der Waals surface area contributed by atoms with E-state index in [4.69, 9.17) is 0 Å². The van der Waals surface area contributed by atoms with Gasteiger partial charge in [0, 0.05) is 31.9 Å². The number of piperazine rings is 1. The van der Waals surface area contributed by atoms with Crippen LogP contribution >= 0.6 is 0 Å². The maximum Gasteiger partial charge on any atom is 0.170 e. The van der Waals surface area contributed by atoms with E-state index in [0.717, 1.165) is 37.4 Å². The number of hydrogen-bond acceptors (Lipinski definition) is 4. The molecule has 100 valence electrons. The van der Waals surface area contributed by atoms with Crippen molar-refractivity contribution < 1.29 is 4.79 Å². The second-order valence-corrected chi connectivity index (χ2v) is 5.17. The summed E-state index contributed by atoms with van der Waals surface area (Å²) in [6, 6.07) is 6.15. The number of nitrogens with zero attached hydrogens (tertiary/aromatic N) is 4. The van der Waals surface area contributed by atoms with Crippen LogP contribution in [0.15, 0.2) is 24.4 Å². The minimum absolute atomic E-state index is 0.363. The Bertz CT molecular complexity index is 607. The molecule has 1 fully saturated rings. The highest BCUT2D eigenvalue weighted by Gasteiger charge is 2.26. The maximum atomic E-state index is 11.4. The van der Waals surface area contributed by atoms with E-state index in [1.807, 2.05) is 28.8 Å². The molecule has 0 aliphatic carbocycles. The first-order valence-electron chi connectivity index (χ1n) is 6.58. The molecular formula is C14H18N4O. The quantitative estimate of drug-likeness (QED) is 0.761. The van der Waals surface area contributed by atoms with Gasteiger partial charge in [0.25, 0.3) is 0 Å². The lowest BCUT2D eigenvalue weighted by molar-refractivity contribution is 0.111. The largest absolute Gasteiger partial charge is 0.349 e. The SMILES string of the molecule is CC1CN(C)CCN1c1nc2ccccn2c1C=O. The number of hydrogen-bond donors (Lipinski definition) is 0. The average Bonchev–Trinajstić information content (AvgIpc) is 2.76. The van der Waals surface area contributed by atoms with Gasteiger partial charge in [0.15, 0.2) is 12.1 Å². The zero-order chi connectivity index (χ0) is 13.4. The molecule has 0 aromatic carbocycles. The van der Waals surface area contributed by atoms with Gasteiger partial charge in [-0.1, -0.05) is 6.07 Å². The molecule has 0 bridgehead atoms. The van der Waals surface area contributed by atoms with Gasteiger partial charge in [0.2, 0.25) is 0 Å². The van der Waals surface area contributed by atoms with Crippen molar-refractivity contribution in [1.29, 1.82) is 0 Å². The summed E-state index contributed by atoms with van der Waals surface area (Å²) in [6.07, 6.45) is 2.79. The highest BCUT2D eigenvalue weighted by atomic mass is 16.1. The minimum atomic E-state index is 0.363. The van der Waals surface area contributed by atoms with Crippen LogP contribution in [-0.2, 0) is 0 Å². The topological polar surface area (TPSA) is 40.9 Å². The van der Waals surface area contributed by atoms with Crippen molar-refractivity contribution in [1.82, 2.24) is 14.3 Å². The van der Waals surface area contributed by atoms with Crippen molar-refractivity contribution >= 4 is 17.8 Å². The van der Waals surface area contributed by atoms with Gasteiger partial charge >= 0.3 is 0 Å². The highest BCUT2D eigenvalue weighted by Crippen LogP contribution is 2.24. The molecule has 1 atom stereocenters. The zero-order valence-corrected chi connectivity index (χ0v) is 11.3. The van der Waals surface area contributed by atoms with Crippen molar-refractivity contribution in [3.8, 4) is 0 Å². The summed E-state index contributed by atoms with van der Waals surface area (Å²) in [5, 5.41) is 0. The Kier molecular flexibility index (Phi) is 2.98. The van der Waals surface area contributed by atoms with Crippen LogP contribution in [-0.4, -0.2) is 53.3 Å². The number of aromatic nitrogens is 2. The van der Waals surface area contributed by atoms with Gasteiger partial charge in [-0.05, 0) is 26.1 Å². The Balaban J connectivity index is 2.07. The lowest BCUT2D eigenvalue weighted by Gasteiger charge is -2.38. The average molecular weight is 258 g/mol. The highest BCUT2D eigenvalue weighted by molar-refractivity contribution is 5.83. The molecule has 1 saturated heterocycles. The van der Waals surface area contributed by atoms with Crippen molar-refractivity contribution in [3.05, 3.63) is 30.1 Å². The minimum Gasteiger partial charge on any atom is -0.349 e. The summed E-state index contributed by atoms with van der Waals surface area (Å²) in [6.45, 7) is 5.07. The summed E-state index contributed by atoms with van der Waals surface area (Å²) in [5.74, 6) is 0.807. The fraction of sp³-hybridized carbons (Fsp3) is 0.429. The summed E-state index contributed by atoms with van der Waals surface area (Å²) < 4.78 is 1.85. The van der Waals surface area contributed by atoms with E-state index < -0.39 is 0 Å². The van der Waals surface area contributed by atoms with Crippen LogP contribution in [0.2, 0.25) is 0 Å². The smallest absolute Gasteiger partial charge is 0.170 e. The molecule has 0 spiro atoms. The van der Waals surface area contributed by atoms with E-state index in [-0.39, 0.29) is 0 Å². The van der Waals surface area contributed by atoms with Crippen LogP contribution < -0.4 is 4.90 Å². The van der Waals surface area contributed by atoms with E-state index in [2.05, 4.69) is 28.8 Å². The zero-order valence-electron chi connectivity index (χ0n) is 11.3. The third kappa shape index (κ3) is 2.00.